The number of phenols is 1. The van der Waals surface area contributed by atoms with Crippen molar-refractivity contribution in [3.8, 4) is 28.6 Å². The third kappa shape index (κ3) is 2.30. The summed E-state index contributed by atoms with van der Waals surface area (Å²) in [5.74, 6) is -0.256. The molecule has 0 bridgehead atoms. The van der Waals surface area contributed by atoms with Crippen LogP contribution in [0.3, 0.4) is 0 Å². The van der Waals surface area contributed by atoms with Gasteiger partial charge in [0.15, 0.2) is 0 Å². The van der Waals surface area contributed by atoms with Gasteiger partial charge in [0.25, 0.3) is 5.89 Å². The summed E-state index contributed by atoms with van der Waals surface area (Å²) in [4.78, 5) is 4.21. The van der Waals surface area contributed by atoms with E-state index in [2.05, 4.69) is 26.1 Å². The zero-order valence-electron chi connectivity index (χ0n) is 10.0. The second kappa shape index (κ2) is 5.05. The van der Waals surface area contributed by atoms with Gasteiger partial charge in [0, 0.05) is 16.1 Å². The summed E-state index contributed by atoms with van der Waals surface area (Å²) in [6.07, 6.45) is 0. The van der Waals surface area contributed by atoms with E-state index in [1.165, 1.54) is 12.1 Å². The fourth-order valence-corrected chi connectivity index (χ4v) is 2.23. The number of aromatic nitrogens is 2. The Morgan fingerprint density at radius 3 is 2.65 bits per heavy atom. The SMILES string of the molecule is Oc1cc(F)ccc1-c1nc(-c2ccccc2Br)no1. The van der Waals surface area contributed by atoms with E-state index in [4.69, 9.17) is 4.52 Å². The van der Waals surface area contributed by atoms with Gasteiger partial charge in [-0.25, -0.2) is 4.39 Å². The molecule has 6 heteroatoms. The van der Waals surface area contributed by atoms with Crippen LogP contribution in [-0.4, -0.2) is 15.2 Å². The first-order chi connectivity index (χ1) is 9.65. The maximum absolute atomic E-state index is 13.0. The van der Waals surface area contributed by atoms with Crippen molar-refractivity contribution in [2.45, 2.75) is 0 Å². The second-order valence-corrected chi connectivity index (χ2v) is 4.92. The summed E-state index contributed by atoms with van der Waals surface area (Å²) in [6.45, 7) is 0. The quantitative estimate of drug-likeness (QED) is 0.769. The van der Waals surface area contributed by atoms with E-state index in [0.717, 1.165) is 16.1 Å². The van der Waals surface area contributed by atoms with Gasteiger partial charge in [-0.15, -0.1) is 0 Å². The number of aromatic hydroxyl groups is 1. The van der Waals surface area contributed by atoms with Crippen molar-refractivity contribution in [3.63, 3.8) is 0 Å². The van der Waals surface area contributed by atoms with E-state index in [1.807, 2.05) is 24.3 Å². The summed E-state index contributed by atoms with van der Waals surface area (Å²) in [6, 6.07) is 11.0. The molecule has 1 heterocycles. The molecule has 0 aliphatic carbocycles. The zero-order chi connectivity index (χ0) is 14.1. The van der Waals surface area contributed by atoms with E-state index < -0.39 is 5.82 Å². The van der Waals surface area contributed by atoms with E-state index in [0.29, 0.717) is 5.82 Å². The fraction of sp³-hybridized carbons (Fsp3) is 0. The highest BCUT2D eigenvalue weighted by atomic mass is 79.9. The third-order valence-corrected chi connectivity index (χ3v) is 3.42. The minimum absolute atomic E-state index is 0.133. The highest BCUT2D eigenvalue weighted by Gasteiger charge is 2.15. The van der Waals surface area contributed by atoms with Gasteiger partial charge in [-0.3, -0.25) is 0 Å². The van der Waals surface area contributed by atoms with Gasteiger partial charge in [0.05, 0.1) is 5.56 Å². The molecule has 0 amide bonds. The molecule has 0 radical (unpaired) electrons. The minimum Gasteiger partial charge on any atom is -0.507 e. The van der Waals surface area contributed by atoms with Crippen LogP contribution in [0.15, 0.2) is 51.5 Å². The Kier molecular flexibility index (Phi) is 3.23. The van der Waals surface area contributed by atoms with Crippen LogP contribution in [0.1, 0.15) is 0 Å². The van der Waals surface area contributed by atoms with E-state index in [1.54, 1.807) is 0 Å². The molecule has 2 aromatic carbocycles. The highest BCUT2D eigenvalue weighted by Crippen LogP contribution is 2.31. The van der Waals surface area contributed by atoms with Gasteiger partial charge in [-0.1, -0.05) is 33.2 Å². The van der Waals surface area contributed by atoms with Crippen LogP contribution >= 0.6 is 15.9 Å². The van der Waals surface area contributed by atoms with Crippen molar-refractivity contribution in [1.82, 2.24) is 10.1 Å². The Morgan fingerprint density at radius 1 is 1.10 bits per heavy atom. The lowest BCUT2D eigenvalue weighted by molar-refractivity contribution is 0.425. The van der Waals surface area contributed by atoms with Crippen molar-refractivity contribution in [2.24, 2.45) is 0 Å². The van der Waals surface area contributed by atoms with Gasteiger partial charge >= 0.3 is 0 Å². The van der Waals surface area contributed by atoms with Crippen LogP contribution < -0.4 is 0 Å². The summed E-state index contributed by atoms with van der Waals surface area (Å²) in [5, 5.41) is 13.6. The van der Waals surface area contributed by atoms with Crippen LogP contribution in [0.2, 0.25) is 0 Å². The topological polar surface area (TPSA) is 59.2 Å². The number of halogens is 2. The Labute approximate surface area is 122 Å². The Balaban J connectivity index is 2.04. The molecule has 100 valence electrons. The molecule has 4 nitrogen and oxygen atoms in total. The molecule has 0 saturated heterocycles. The second-order valence-electron chi connectivity index (χ2n) is 4.06. The van der Waals surface area contributed by atoms with Crippen LogP contribution in [0, 0.1) is 5.82 Å². The van der Waals surface area contributed by atoms with Crippen LogP contribution in [-0.2, 0) is 0 Å². The molecule has 0 aliphatic heterocycles. The number of hydrogen-bond donors (Lipinski definition) is 1. The van der Waals surface area contributed by atoms with Crippen molar-refractivity contribution in [3.05, 3.63) is 52.8 Å². The zero-order valence-corrected chi connectivity index (χ0v) is 11.6. The predicted molar refractivity (Wildman–Crippen MR) is 74.5 cm³/mol. The van der Waals surface area contributed by atoms with Gasteiger partial charge in [0.2, 0.25) is 5.82 Å². The Morgan fingerprint density at radius 2 is 1.90 bits per heavy atom. The molecular formula is C14H8BrFN2O2. The Hall–Kier alpha value is -2.21. The molecule has 0 fully saturated rings. The predicted octanol–water partition coefficient (Wildman–Crippen LogP) is 4.01. The standard InChI is InChI=1S/C14H8BrFN2O2/c15-11-4-2-1-3-9(11)13-17-14(20-18-13)10-6-5-8(16)7-12(10)19/h1-7,19H. The molecule has 1 N–H and O–H groups in total. The lowest BCUT2D eigenvalue weighted by Gasteiger charge is -1.98. The first-order valence-corrected chi connectivity index (χ1v) is 6.52. The number of phenolic OH excluding ortho intramolecular Hbond substituents is 1. The maximum atomic E-state index is 13.0. The minimum atomic E-state index is -0.531. The molecule has 0 spiro atoms. The number of nitrogens with zero attached hydrogens (tertiary/aromatic N) is 2. The molecule has 20 heavy (non-hydrogen) atoms. The van der Waals surface area contributed by atoms with Crippen molar-refractivity contribution >= 4 is 15.9 Å². The lowest BCUT2D eigenvalue weighted by Crippen LogP contribution is -1.83. The first-order valence-electron chi connectivity index (χ1n) is 5.72. The van der Waals surface area contributed by atoms with Gasteiger partial charge in [-0.05, 0) is 24.3 Å². The lowest BCUT2D eigenvalue weighted by atomic mass is 10.2. The normalized spacial score (nSPS) is 10.7. The molecule has 0 saturated carbocycles. The molecule has 0 unspecified atom stereocenters. The average molecular weight is 335 g/mol. The smallest absolute Gasteiger partial charge is 0.262 e. The van der Waals surface area contributed by atoms with E-state index in [9.17, 15) is 9.50 Å². The molecule has 3 aromatic rings. The van der Waals surface area contributed by atoms with Gasteiger partial charge < -0.3 is 9.63 Å². The van der Waals surface area contributed by atoms with Crippen molar-refractivity contribution < 1.29 is 14.0 Å². The van der Waals surface area contributed by atoms with Crippen LogP contribution in [0.25, 0.3) is 22.8 Å². The largest absolute Gasteiger partial charge is 0.507 e. The summed E-state index contributed by atoms with van der Waals surface area (Å²) >= 11 is 3.40. The summed E-state index contributed by atoms with van der Waals surface area (Å²) < 4.78 is 18.9. The summed E-state index contributed by atoms with van der Waals surface area (Å²) in [7, 11) is 0. The third-order valence-electron chi connectivity index (χ3n) is 2.73. The molecule has 1 aromatic heterocycles. The molecule has 0 atom stereocenters. The Bertz CT molecular complexity index is 773. The monoisotopic (exact) mass is 334 g/mol. The number of rotatable bonds is 2. The van der Waals surface area contributed by atoms with E-state index >= 15 is 0 Å². The maximum Gasteiger partial charge on any atom is 0.262 e. The van der Waals surface area contributed by atoms with Gasteiger partial charge in [-0.2, -0.15) is 4.98 Å². The average Bonchev–Trinajstić information content (AvgIpc) is 2.88. The fourth-order valence-electron chi connectivity index (χ4n) is 1.77. The van der Waals surface area contributed by atoms with Crippen LogP contribution in [0.5, 0.6) is 5.75 Å². The molecule has 0 aliphatic rings. The highest BCUT2D eigenvalue weighted by molar-refractivity contribution is 9.10. The van der Waals surface area contributed by atoms with Crippen molar-refractivity contribution in [2.75, 3.05) is 0 Å². The van der Waals surface area contributed by atoms with E-state index in [-0.39, 0.29) is 17.2 Å². The van der Waals surface area contributed by atoms with Crippen LogP contribution in [0.4, 0.5) is 4.39 Å². The number of hydrogen-bond acceptors (Lipinski definition) is 4. The summed E-state index contributed by atoms with van der Waals surface area (Å²) in [5.41, 5.74) is 1.06. The number of benzene rings is 2. The first kappa shape index (κ1) is 12.8. The van der Waals surface area contributed by atoms with Crippen molar-refractivity contribution in [1.29, 1.82) is 0 Å². The molecule has 3 rings (SSSR count). The van der Waals surface area contributed by atoms with Gasteiger partial charge in [0.1, 0.15) is 11.6 Å². The molecular weight excluding hydrogens is 327 g/mol.